The van der Waals surface area contributed by atoms with Crippen LogP contribution >= 0.6 is 23.2 Å². The molecule has 9 nitrogen and oxygen atoms in total. The van der Waals surface area contributed by atoms with Crippen LogP contribution in [0.4, 0.5) is 10.1 Å². The Hall–Kier alpha value is -3.89. The lowest BCUT2D eigenvalue weighted by Crippen LogP contribution is -2.40. The third kappa shape index (κ3) is 6.19. The summed E-state index contributed by atoms with van der Waals surface area (Å²) in [6, 6.07) is 4.93. The molecule has 2 heterocycles. The smallest absolute Gasteiger partial charge is 0.251 e. The van der Waals surface area contributed by atoms with Gasteiger partial charge in [0.2, 0.25) is 5.91 Å². The molecule has 0 radical (unpaired) electrons. The number of hydrogen-bond donors (Lipinski definition) is 3. The van der Waals surface area contributed by atoms with Crippen molar-refractivity contribution >= 4 is 52.5 Å². The van der Waals surface area contributed by atoms with Crippen molar-refractivity contribution in [1.29, 1.82) is 0 Å². The zero-order valence-electron chi connectivity index (χ0n) is 24.6. The third-order valence-electron chi connectivity index (χ3n) is 8.19. The number of pyridine rings is 1. The van der Waals surface area contributed by atoms with Gasteiger partial charge >= 0.3 is 0 Å². The lowest BCUT2D eigenvalue weighted by Gasteiger charge is -2.23. The summed E-state index contributed by atoms with van der Waals surface area (Å²) in [5, 5.41) is 3.70. The second kappa shape index (κ2) is 12.6. The van der Waals surface area contributed by atoms with Crippen LogP contribution in [-0.4, -0.2) is 49.6 Å². The Morgan fingerprint density at radius 2 is 2.07 bits per heavy atom. The Kier molecular flexibility index (Phi) is 9.04. The van der Waals surface area contributed by atoms with Crippen molar-refractivity contribution in [2.45, 2.75) is 50.7 Å². The Balaban J connectivity index is 1.52. The molecule has 1 aromatic carbocycles. The lowest BCUT2D eigenvalue weighted by molar-refractivity contribution is -0.123. The van der Waals surface area contributed by atoms with Crippen molar-refractivity contribution in [3.05, 3.63) is 74.6 Å². The van der Waals surface area contributed by atoms with Crippen LogP contribution in [0.25, 0.3) is 5.57 Å². The van der Waals surface area contributed by atoms with Gasteiger partial charge in [0.05, 0.1) is 22.9 Å². The van der Waals surface area contributed by atoms with Gasteiger partial charge in [-0.3, -0.25) is 14.6 Å². The van der Waals surface area contributed by atoms with Crippen LogP contribution in [0, 0.1) is 5.92 Å². The van der Waals surface area contributed by atoms with Gasteiger partial charge in [0, 0.05) is 46.6 Å². The van der Waals surface area contributed by atoms with E-state index in [-0.39, 0.29) is 47.9 Å². The highest BCUT2D eigenvalue weighted by molar-refractivity contribution is 6.45. The number of rotatable bonds is 10. The van der Waals surface area contributed by atoms with Crippen LogP contribution in [0.5, 0.6) is 11.5 Å². The van der Waals surface area contributed by atoms with Crippen molar-refractivity contribution in [2.24, 2.45) is 16.6 Å². The quantitative estimate of drug-likeness (QED) is 0.178. The number of nitrogen functional groups attached to an aromatic ring is 1. The van der Waals surface area contributed by atoms with E-state index in [2.05, 4.69) is 10.3 Å². The van der Waals surface area contributed by atoms with E-state index >= 15 is 0 Å². The number of primary amides is 1. The van der Waals surface area contributed by atoms with Crippen molar-refractivity contribution in [3.8, 4) is 11.5 Å². The molecule has 1 aromatic heterocycles. The highest BCUT2D eigenvalue weighted by Crippen LogP contribution is 2.49. The van der Waals surface area contributed by atoms with Crippen LogP contribution in [0.3, 0.4) is 0 Å². The zero-order chi connectivity index (χ0) is 31.8. The van der Waals surface area contributed by atoms with E-state index in [1.54, 1.807) is 13.0 Å². The average Bonchev–Trinajstić information content (AvgIpc) is 3.79. The molecule has 3 aliphatic rings. The number of nitrogens with one attached hydrogen (secondary N) is 1. The van der Waals surface area contributed by atoms with Crippen LogP contribution in [0.1, 0.15) is 71.9 Å². The number of allylic oxidation sites excluding steroid dienone is 6. The molecule has 1 aliphatic heterocycles. The summed E-state index contributed by atoms with van der Waals surface area (Å²) in [4.78, 5) is 34.9. The predicted octanol–water partition coefficient (Wildman–Crippen LogP) is 5.50. The van der Waals surface area contributed by atoms with E-state index in [1.165, 1.54) is 32.4 Å². The highest BCUT2D eigenvalue weighted by Gasteiger charge is 2.45. The topological polar surface area (TPSA) is 142 Å². The van der Waals surface area contributed by atoms with Crippen LogP contribution in [0.2, 0.25) is 0 Å². The Labute approximate surface area is 265 Å². The molecular formula is C32H34Cl2FN5O4. The number of carbonyl (C=O) groups is 2. The highest BCUT2D eigenvalue weighted by atomic mass is 35.5. The fourth-order valence-electron chi connectivity index (χ4n) is 5.38. The molecule has 2 aliphatic carbocycles. The Morgan fingerprint density at radius 1 is 1.32 bits per heavy atom. The molecule has 232 valence electrons. The number of fused-ring (bicyclic) bond motifs is 1. The number of nitrogens with two attached hydrogens (primary N) is 2. The fraction of sp³-hybridized carbons (Fsp3) is 0.375. The van der Waals surface area contributed by atoms with Gasteiger partial charge in [0.1, 0.15) is 29.2 Å². The van der Waals surface area contributed by atoms with E-state index in [4.69, 9.17) is 49.1 Å². The van der Waals surface area contributed by atoms with E-state index < -0.39 is 17.6 Å². The number of nitrogens with zero attached hydrogens (tertiary/aromatic N) is 2. The summed E-state index contributed by atoms with van der Waals surface area (Å²) in [6.07, 6.45) is 7.86. The number of alkyl halides is 1. The average molecular weight is 643 g/mol. The largest absolute Gasteiger partial charge is 0.495 e. The standard InChI is InChI=1S/C32H34Cl2FN5O4/c1-16(35)38-13-19-10-18(11-25(43-3)27(19)36)30(41)39-14-21(17-8-9-17)24-12-22-29(44-15-32(22,2)31(37)42)28(40-24)20-6-4-5-7-23(33)26(20)34/h5-7,10-13,16-17,21H,4,8-9,14-15,36H2,1-3H3,(H2,37,42)(H,39,41)/b38-13+/t16?,21-,32-/m0/s1. The molecule has 5 rings (SSSR count). The maximum absolute atomic E-state index is 13.4. The molecule has 0 saturated heterocycles. The number of halogens is 3. The SMILES string of the molecule is COc1cc(C(=O)NC[C@H](c2cc3c(c(C4=CCC=CC(Cl)=C4Cl)n2)OC[C@]3(C)C(N)=O)C2CC2)cc(/C=N/C(C)F)c1N. The molecule has 0 bridgehead atoms. The molecule has 1 fully saturated rings. The van der Waals surface area contributed by atoms with Crippen LogP contribution in [0.15, 0.2) is 51.5 Å². The normalized spacial score (nSPS) is 20.9. The number of aromatic nitrogens is 1. The Bertz CT molecular complexity index is 1630. The summed E-state index contributed by atoms with van der Waals surface area (Å²) in [5.41, 5.74) is 14.2. The van der Waals surface area contributed by atoms with Gasteiger partial charge in [-0.25, -0.2) is 9.37 Å². The van der Waals surface area contributed by atoms with Crippen LogP contribution in [-0.2, 0) is 10.2 Å². The van der Waals surface area contributed by atoms with E-state index in [0.717, 1.165) is 12.8 Å². The number of hydrogen-bond acceptors (Lipinski definition) is 7. The molecule has 44 heavy (non-hydrogen) atoms. The first kappa shape index (κ1) is 31.5. The van der Waals surface area contributed by atoms with E-state index in [9.17, 15) is 14.0 Å². The molecule has 0 spiro atoms. The van der Waals surface area contributed by atoms with Gasteiger partial charge in [0.15, 0.2) is 6.30 Å². The number of ether oxygens (including phenoxy) is 2. The van der Waals surface area contributed by atoms with Crippen molar-refractivity contribution in [2.75, 3.05) is 26.0 Å². The fourth-order valence-corrected chi connectivity index (χ4v) is 5.80. The Morgan fingerprint density at radius 3 is 2.73 bits per heavy atom. The molecular weight excluding hydrogens is 608 g/mol. The molecule has 1 saturated carbocycles. The van der Waals surface area contributed by atoms with Gasteiger partial charge in [-0.1, -0.05) is 35.4 Å². The minimum atomic E-state index is -1.44. The summed E-state index contributed by atoms with van der Waals surface area (Å²) in [6.45, 7) is 3.35. The molecule has 12 heteroatoms. The monoisotopic (exact) mass is 641 g/mol. The molecule has 1 unspecified atom stereocenters. The number of amides is 2. The molecule has 2 aromatic rings. The van der Waals surface area contributed by atoms with E-state index in [0.29, 0.717) is 50.3 Å². The van der Waals surface area contributed by atoms with Crippen LogP contribution < -0.4 is 26.3 Å². The lowest BCUT2D eigenvalue weighted by atomic mass is 9.82. The van der Waals surface area contributed by atoms with Crippen molar-refractivity contribution < 1.29 is 23.5 Å². The van der Waals surface area contributed by atoms with Gasteiger partial charge in [-0.2, -0.15) is 0 Å². The number of carbonyl (C=O) groups excluding carboxylic acids is 2. The number of methoxy groups -OCH3 is 1. The second-order valence-corrected chi connectivity index (χ2v) is 12.1. The maximum atomic E-state index is 13.4. The zero-order valence-corrected chi connectivity index (χ0v) is 26.1. The minimum Gasteiger partial charge on any atom is -0.495 e. The van der Waals surface area contributed by atoms with Gasteiger partial charge in [-0.05, 0) is 63.3 Å². The predicted molar refractivity (Wildman–Crippen MR) is 170 cm³/mol. The summed E-state index contributed by atoms with van der Waals surface area (Å²) >= 11 is 13.2. The van der Waals surface area contributed by atoms with Gasteiger partial charge < -0.3 is 26.3 Å². The summed E-state index contributed by atoms with van der Waals surface area (Å²) in [5.74, 6) is -0.119. The van der Waals surface area contributed by atoms with Crippen molar-refractivity contribution in [3.63, 3.8) is 0 Å². The first-order valence-electron chi connectivity index (χ1n) is 14.3. The first-order valence-corrected chi connectivity index (χ1v) is 15.0. The summed E-state index contributed by atoms with van der Waals surface area (Å²) < 4.78 is 24.8. The third-order valence-corrected chi connectivity index (χ3v) is 9.01. The number of benzene rings is 1. The summed E-state index contributed by atoms with van der Waals surface area (Å²) in [7, 11) is 1.43. The van der Waals surface area contributed by atoms with Gasteiger partial charge in [-0.15, -0.1) is 0 Å². The molecule has 3 atom stereocenters. The van der Waals surface area contributed by atoms with E-state index in [1.807, 2.05) is 18.2 Å². The molecule has 5 N–H and O–H groups in total. The maximum Gasteiger partial charge on any atom is 0.251 e. The first-order chi connectivity index (χ1) is 20.9. The molecule has 2 amide bonds. The van der Waals surface area contributed by atoms with Gasteiger partial charge in [0.25, 0.3) is 5.91 Å². The number of anilines is 1. The van der Waals surface area contributed by atoms with Crippen molar-refractivity contribution in [1.82, 2.24) is 10.3 Å². The minimum absolute atomic E-state index is 0.0625. The number of aliphatic imine (C=N–C) groups is 1. The second-order valence-electron chi connectivity index (χ2n) is 11.4.